The van der Waals surface area contributed by atoms with Crippen molar-refractivity contribution in [1.29, 1.82) is 0 Å². The fourth-order valence-electron chi connectivity index (χ4n) is 4.05. The Morgan fingerprint density at radius 3 is 2.19 bits per heavy atom. The van der Waals surface area contributed by atoms with Crippen molar-refractivity contribution in [2.75, 3.05) is 23.7 Å². The summed E-state index contributed by atoms with van der Waals surface area (Å²) < 4.78 is 26.1. The summed E-state index contributed by atoms with van der Waals surface area (Å²) in [7, 11) is -3.53. The monoisotopic (exact) mass is 524 g/mol. The van der Waals surface area contributed by atoms with Crippen LogP contribution in [0.1, 0.15) is 34.3 Å². The molecule has 0 bridgehead atoms. The molecule has 0 aromatic heterocycles. The van der Waals surface area contributed by atoms with Gasteiger partial charge in [-0.25, -0.2) is 13.8 Å². The number of hydrogen-bond donors (Lipinski definition) is 1. The summed E-state index contributed by atoms with van der Waals surface area (Å²) in [6, 6.07) is 23.8. The van der Waals surface area contributed by atoms with E-state index in [2.05, 4.69) is 27.6 Å². The smallest absolute Gasteiger partial charge is 0.271 e. The van der Waals surface area contributed by atoms with Gasteiger partial charge in [0.25, 0.3) is 5.91 Å². The van der Waals surface area contributed by atoms with E-state index in [0.29, 0.717) is 16.3 Å². The number of anilines is 1. The molecule has 4 rings (SSSR count). The second-order valence-electron chi connectivity index (χ2n) is 8.82. The number of likely N-dealkylation sites (tertiary alicyclic amines) is 1. The van der Waals surface area contributed by atoms with E-state index in [9.17, 15) is 13.2 Å². The van der Waals surface area contributed by atoms with Gasteiger partial charge in [-0.2, -0.15) is 5.10 Å². The number of sulfonamides is 1. The van der Waals surface area contributed by atoms with Crippen molar-refractivity contribution in [3.63, 3.8) is 0 Å². The first-order chi connectivity index (χ1) is 17.3. The molecule has 1 amide bonds. The zero-order valence-electron chi connectivity index (χ0n) is 20.1. The number of halogens is 1. The number of hydrazone groups is 1. The predicted molar refractivity (Wildman–Crippen MR) is 145 cm³/mol. The second kappa shape index (κ2) is 11.7. The van der Waals surface area contributed by atoms with Gasteiger partial charge in [0.2, 0.25) is 10.0 Å². The van der Waals surface area contributed by atoms with E-state index in [1.165, 1.54) is 9.87 Å². The second-order valence-corrected chi connectivity index (χ2v) is 11.2. The molecule has 1 fully saturated rings. The fourth-order valence-corrected chi connectivity index (χ4v) is 5.07. The summed E-state index contributed by atoms with van der Waals surface area (Å²) >= 11 is 5.93. The van der Waals surface area contributed by atoms with Crippen LogP contribution in [0.15, 0.2) is 84.0 Å². The Labute approximate surface area is 217 Å². The maximum absolute atomic E-state index is 12.6. The van der Waals surface area contributed by atoms with Crippen LogP contribution < -0.4 is 9.73 Å². The third-order valence-electron chi connectivity index (χ3n) is 6.06. The van der Waals surface area contributed by atoms with Crippen molar-refractivity contribution in [3.05, 3.63) is 101 Å². The number of nitrogens with one attached hydrogen (secondary N) is 1. The quantitative estimate of drug-likeness (QED) is 0.433. The van der Waals surface area contributed by atoms with Crippen LogP contribution in [-0.4, -0.2) is 44.3 Å². The number of hydrogen-bond acceptors (Lipinski definition) is 5. The molecular weight excluding hydrogens is 496 g/mol. The predicted octanol–water partition coefficient (Wildman–Crippen LogP) is 4.69. The minimum absolute atomic E-state index is 0.163. The number of piperidine rings is 1. The van der Waals surface area contributed by atoms with Crippen molar-refractivity contribution in [1.82, 2.24) is 10.3 Å². The fraction of sp³-hybridized carbons (Fsp3) is 0.259. The van der Waals surface area contributed by atoms with Gasteiger partial charge in [-0.1, -0.05) is 54.1 Å². The Kier molecular flexibility index (Phi) is 8.40. The summed E-state index contributed by atoms with van der Waals surface area (Å²) in [6.45, 7) is 2.87. The van der Waals surface area contributed by atoms with Crippen molar-refractivity contribution in [2.45, 2.75) is 25.9 Å². The molecule has 1 saturated heterocycles. The van der Waals surface area contributed by atoms with E-state index < -0.39 is 10.0 Å². The highest BCUT2D eigenvalue weighted by Gasteiger charge is 2.19. The largest absolute Gasteiger partial charge is 0.298 e. The number of carbonyl (C=O) groups is 1. The molecule has 1 aliphatic rings. The van der Waals surface area contributed by atoms with Crippen molar-refractivity contribution in [2.24, 2.45) is 5.10 Å². The van der Waals surface area contributed by atoms with Crippen LogP contribution in [0.5, 0.6) is 0 Å². The summed E-state index contributed by atoms with van der Waals surface area (Å²) in [4.78, 5) is 15.0. The van der Waals surface area contributed by atoms with Gasteiger partial charge >= 0.3 is 0 Å². The van der Waals surface area contributed by atoms with Crippen molar-refractivity contribution in [3.8, 4) is 0 Å². The molecule has 0 saturated carbocycles. The highest BCUT2D eigenvalue weighted by atomic mass is 35.5. The molecule has 9 heteroatoms. The minimum Gasteiger partial charge on any atom is -0.298 e. The molecule has 0 spiro atoms. The topological polar surface area (TPSA) is 82.1 Å². The van der Waals surface area contributed by atoms with Crippen LogP contribution in [0.3, 0.4) is 0 Å². The number of benzene rings is 3. The Morgan fingerprint density at radius 2 is 1.58 bits per heavy atom. The van der Waals surface area contributed by atoms with Gasteiger partial charge in [0, 0.05) is 48.8 Å². The Morgan fingerprint density at radius 1 is 0.944 bits per heavy atom. The zero-order valence-corrected chi connectivity index (χ0v) is 21.7. The van der Waals surface area contributed by atoms with Gasteiger partial charge < -0.3 is 0 Å². The average Bonchev–Trinajstić information content (AvgIpc) is 2.88. The lowest BCUT2D eigenvalue weighted by atomic mass is 10.1. The lowest BCUT2D eigenvalue weighted by Gasteiger charge is -2.27. The SMILES string of the molecule is CS(=O)(=O)N(Cc1ccc(Cl)cc1)c1ccc(C(=O)NN=C2CCN(Cc3ccccc3)CC2)cc1. The average molecular weight is 525 g/mol. The molecular formula is C27H29ClN4O3S. The van der Waals surface area contributed by atoms with Crippen LogP contribution in [0.4, 0.5) is 5.69 Å². The van der Waals surface area contributed by atoms with Gasteiger partial charge in [0.05, 0.1) is 18.5 Å². The van der Waals surface area contributed by atoms with Crippen LogP contribution in [-0.2, 0) is 23.1 Å². The lowest BCUT2D eigenvalue weighted by Crippen LogP contribution is -2.34. The van der Waals surface area contributed by atoms with Crippen LogP contribution >= 0.6 is 11.6 Å². The van der Waals surface area contributed by atoms with Crippen LogP contribution in [0, 0.1) is 0 Å². The zero-order chi connectivity index (χ0) is 25.5. The Hall–Kier alpha value is -3.20. The van der Waals surface area contributed by atoms with Crippen LogP contribution in [0.25, 0.3) is 0 Å². The molecule has 3 aromatic rings. The van der Waals surface area contributed by atoms with E-state index in [4.69, 9.17) is 11.6 Å². The molecule has 36 heavy (non-hydrogen) atoms. The van der Waals surface area contributed by atoms with E-state index in [1.54, 1.807) is 48.5 Å². The van der Waals surface area contributed by atoms with Crippen molar-refractivity contribution < 1.29 is 13.2 Å². The normalized spacial score (nSPS) is 14.3. The van der Waals surface area contributed by atoms with E-state index in [-0.39, 0.29) is 12.5 Å². The molecule has 1 heterocycles. The summed E-state index contributed by atoms with van der Waals surface area (Å²) in [5, 5.41) is 4.92. The highest BCUT2D eigenvalue weighted by molar-refractivity contribution is 7.92. The maximum Gasteiger partial charge on any atom is 0.271 e. The number of carbonyl (C=O) groups excluding carboxylic acids is 1. The van der Waals surface area contributed by atoms with Crippen molar-refractivity contribution >= 4 is 38.9 Å². The summed E-state index contributed by atoms with van der Waals surface area (Å²) in [6.07, 6.45) is 2.77. The minimum atomic E-state index is -3.53. The van der Waals surface area contributed by atoms with Gasteiger partial charge in [-0.05, 0) is 47.5 Å². The van der Waals surface area contributed by atoms with Gasteiger partial charge in [0.1, 0.15) is 0 Å². The number of amides is 1. The molecule has 0 atom stereocenters. The van der Waals surface area contributed by atoms with E-state index in [0.717, 1.165) is 50.0 Å². The molecule has 0 aliphatic carbocycles. The molecule has 3 aromatic carbocycles. The molecule has 0 radical (unpaired) electrons. The lowest BCUT2D eigenvalue weighted by molar-refractivity contribution is 0.0954. The molecule has 188 valence electrons. The van der Waals surface area contributed by atoms with E-state index in [1.807, 2.05) is 18.2 Å². The highest BCUT2D eigenvalue weighted by Crippen LogP contribution is 2.22. The van der Waals surface area contributed by atoms with Gasteiger partial charge in [0.15, 0.2) is 0 Å². The number of rotatable bonds is 8. The first kappa shape index (κ1) is 25.9. The Bertz CT molecular complexity index is 1300. The molecule has 1 aliphatic heterocycles. The summed E-state index contributed by atoms with van der Waals surface area (Å²) in [5.41, 5.74) is 6.58. The number of nitrogens with zero attached hydrogens (tertiary/aromatic N) is 3. The first-order valence-electron chi connectivity index (χ1n) is 11.7. The molecule has 0 unspecified atom stereocenters. The Balaban J connectivity index is 1.34. The first-order valence-corrected chi connectivity index (χ1v) is 13.9. The van der Waals surface area contributed by atoms with E-state index >= 15 is 0 Å². The molecule has 7 nitrogen and oxygen atoms in total. The summed E-state index contributed by atoms with van der Waals surface area (Å²) in [5.74, 6) is -0.329. The van der Waals surface area contributed by atoms with Crippen LogP contribution in [0.2, 0.25) is 5.02 Å². The standard InChI is InChI=1S/C27H29ClN4O3S/c1-36(34,35)32(20-22-7-11-24(28)12-8-22)26-13-9-23(10-14-26)27(33)30-29-25-15-17-31(18-16-25)19-21-5-3-2-4-6-21/h2-14H,15-20H2,1H3,(H,30,33). The molecule has 1 N–H and O–H groups in total. The third kappa shape index (κ3) is 7.16. The van der Waals surface area contributed by atoms with Gasteiger partial charge in [-0.3, -0.25) is 14.0 Å². The maximum atomic E-state index is 12.6. The van der Waals surface area contributed by atoms with Gasteiger partial charge in [-0.15, -0.1) is 0 Å². The third-order valence-corrected chi connectivity index (χ3v) is 7.45.